The Bertz CT molecular complexity index is 839. The molecule has 3 aromatic carbocycles. The summed E-state index contributed by atoms with van der Waals surface area (Å²) in [5, 5.41) is 16.1. The molecule has 0 heterocycles. The quantitative estimate of drug-likeness (QED) is 0.575. The van der Waals surface area contributed by atoms with Gasteiger partial charge in [-0.1, -0.05) is 72.8 Å². The first-order valence-electron chi connectivity index (χ1n) is 7.29. The van der Waals surface area contributed by atoms with E-state index in [-0.39, 0.29) is 0 Å². The molecule has 0 bridgehead atoms. The third-order valence-electron chi connectivity index (χ3n) is 3.57. The smallest absolute Gasteiger partial charge is 0.273 e. The van der Waals surface area contributed by atoms with E-state index >= 15 is 0 Å². The van der Waals surface area contributed by atoms with Crippen molar-refractivity contribution in [3.63, 3.8) is 0 Å². The van der Waals surface area contributed by atoms with Gasteiger partial charge in [0.15, 0.2) is 6.10 Å². The van der Waals surface area contributed by atoms with Gasteiger partial charge >= 0.3 is 0 Å². The standard InChI is InChI=1S/C19H16N2O2/c22-18(15-8-2-1-3-9-15)19(23)21-20-13-16-11-6-10-14-7-4-5-12-17(14)16/h1-13,18,22H,(H,21,23)/b20-13+. The molecule has 1 unspecified atom stereocenters. The first-order valence-corrected chi connectivity index (χ1v) is 7.29. The van der Waals surface area contributed by atoms with Crippen molar-refractivity contribution >= 4 is 22.9 Å². The van der Waals surface area contributed by atoms with E-state index in [2.05, 4.69) is 10.5 Å². The molecule has 1 atom stereocenters. The van der Waals surface area contributed by atoms with Crippen LogP contribution in [0.5, 0.6) is 0 Å². The Kier molecular flexibility index (Phi) is 4.45. The average molecular weight is 304 g/mol. The van der Waals surface area contributed by atoms with E-state index in [1.165, 1.54) is 0 Å². The molecule has 0 aliphatic heterocycles. The molecule has 0 aliphatic carbocycles. The van der Waals surface area contributed by atoms with E-state index < -0.39 is 12.0 Å². The zero-order valence-electron chi connectivity index (χ0n) is 12.4. The highest BCUT2D eigenvalue weighted by Crippen LogP contribution is 2.17. The number of hydrazone groups is 1. The fourth-order valence-electron chi connectivity index (χ4n) is 2.38. The van der Waals surface area contributed by atoms with Crippen LogP contribution >= 0.6 is 0 Å². The van der Waals surface area contributed by atoms with Gasteiger partial charge in [0.25, 0.3) is 5.91 Å². The molecule has 0 saturated carbocycles. The van der Waals surface area contributed by atoms with Crippen LogP contribution in [0.2, 0.25) is 0 Å². The average Bonchev–Trinajstić information content (AvgIpc) is 2.62. The van der Waals surface area contributed by atoms with E-state index in [1.807, 2.05) is 48.5 Å². The van der Waals surface area contributed by atoms with Gasteiger partial charge in [0.1, 0.15) is 0 Å². The first kappa shape index (κ1) is 14.9. The van der Waals surface area contributed by atoms with Crippen molar-refractivity contribution < 1.29 is 9.90 Å². The Morgan fingerprint density at radius 3 is 2.48 bits per heavy atom. The van der Waals surface area contributed by atoms with Gasteiger partial charge in [-0.25, -0.2) is 5.43 Å². The molecule has 0 aromatic heterocycles. The number of hydrogen-bond acceptors (Lipinski definition) is 3. The second kappa shape index (κ2) is 6.85. The van der Waals surface area contributed by atoms with Crippen LogP contribution in [-0.4, -0.2) is 17.2 Å². The summed E-state index contributed by atoms with van der Waals surface area (Å²) in [4.78, 5) is 11.9. The topological polar surface area (TPSA) is 61.7 Å². The monoisotopic (exact) mass is 304 g/mol. The molecular weight excluding hydrogens is 288 g/mol. The maximum absolute atomic E-state index is 11.9. The van der Waals surface area contributed by atoms with Crippen molar-refractivity contribution in [2.75, 3.05) is 0 Å². The summed E-state index contributed by atoms with van der Waals surface area (Å²) in [6.07, 6.45) is 0.346. The Hall–Kier alpha value is -2.98. The summed E-state index contributed by atoms with van der Waals surface area (Å²) in [7, 11) is 0. The number of hydrogen-bond donors (Lipinski definition) is 2. The van der Waals surface area contributed by atoms with Crippen LogP contribution in [0.3, 0.4) is 0 Å². The van der Waals surface area contributed by atoms with Crippen molar-refractivity contribution in [3.8, 4) is 0 Å². The lowest BCUT2D eigenvalue weighted by Gasteiger charge is -2.08. The van der Waals surface area contributed by atoms with Crippen LogP contribution in [-0.2, 0) is 4.79 Å². The molecule has 0 fully saturated rings. The van der Waals surface area contributed by atoms with Crippen LogP contribution in [0, 0.1) is 0 Å². The first-order chi connectivity index (χ1) is 11.3. The third kappa shape index (κ3) is 3.44. The van der Waals surface area contributed by atoms with E-state index in [4.69, 9.17) is 0 Å². The Labute approximate surface area is 134 Å². The van der Waals surface area contributed by atoms with Gasteiger partial charge in [0.05, 0.1) is 6.21 Å². The van der Waals surface area contributed by atoms with Crippen molar-refractivity contribution in [1.29, 1.82) is 0 Å². The number of benzene rings is 3. The lowest BCUT2D eigenvalue weighted by Crippen LogP contribution is -2.25. The second-order valence-corrected chi connectivity index (χ2v) is 5.12. The molecular formula is C19H16N2O2. The highest BCUT2D eigenvalue weighted by molar-refractivity contribution is 6.00. The van der Waals surface area contributed by atoms with Crippen molar-refractivity contribution in [3.05, 3.63) is 83.9 Å². The number of fused-ring (bicyclic) bond motifs is 1. The number of carbonyl (C=O) groups excluding carboxylic acids is 1. The Balaban J connectivity index is 1.72. The second-order valence-electron chi connectivity index (χ2n) is 5.12. The number of rotatable bonds is 4. The summed E-state index contributed by atoms with van der Waals surface area (Å²) >= 11 is 0. The fraction of sp³-hybridized carbons (Fsp3) is 0.0526. The number of aliphatic hydroxyl groups is 1. The summed E-state index contributed by atoms with van der Waals surface area (Å²) in [6.45, 7) is 0. The van der Waals surface area contributed by atoms with Crippen LogP contribution < -0.4 is 5.43 Å². The predicted molar refractivity (Wildman–Crippen MR) is 91.1 cm³/mol. The van der Waals surface area contributed by atoms with Gasteiger partial charge in [0.2, 0.25) is 0 Å². The van der Waals surface area contributed by atoms with E-state index in [0.29, 0.717) is 5.56 Å². The molecule has 0 aliphatic rings. The van der Waals surface area contributed by atoms with Gasteiger partial charge in [-0.3, -0.25) is 4.79 Å². The van der Waals surface area contributed by atoms with Gasteiger partial charge in [-0.05, 0) is 16.3 Å². The van der Waals surface area contributed by atoms with Crippen LogP contribution in [0.25, 0.3) is 10.8 Å². The number of amides is 1. The highest BCUT2D eigenvalue weighted by Gasteiger charge is 2.15. The summed E-state index contributed by atoms with van der Waals surface area (Å²) in [5.41, 5.74) is 3.81. The lowest BCUT2D eigenvalue weighted by molar-refractivity contribution is -0.129. The molecule has 4 heteroatoms. The molecule has 3 rings (SSSR count). The molecule has 1 amide bonds. The van der Waals surface area contributed by atoms with Crippen molar-refractivity contribution in [2.24, 2.45) is 5.10 Å². The predicted octanol–water partition coefficient (Wildman–Crippen LogP) is 3.02. The van der Waals surface area contributed by atoms with E-state index in [1.54, 1.807) is 30.5 Å². The summed E-state index contributed by atoms with van der Waals surface area (Å²) in [6, 6.07) is 22.6. The molecule has 114 valence electrons. The van der Waals surface area contributed by atoms with Crippen LogP contribution in [0.15, 0.2) is 77.9 Å². The maximum atomic E-state index is 11.9. The molecule has 0 saturated heterocycles. The molecule has 2 N–H and O–H groups in total. The molecule has 4 nitrogen and oxygen atoms in total. The van der Waals surface area contributed by atoms with Gasteiger partial charge < -0.3 is 5.11 Å². The van der Waals surface area contributed by atoms with Crippen molar-refractivity contribution in [2.45, 2.75) is 6.10 Å². The zero-order valence-corrected chi connectivity index (χ0v) is 12.4. The SMILES string of the molecule is O=C(N/N=C/c1cccc2ccccc12)C(O)c1ccccc1. The molecule has 0 radical (unpaired) electrons. The number of nitrogens with one attached hydrogen (secondary N) is 1. The lowest BCUT2D eigenvalue weighted by atomic mass is 10.1. The van der Waals surface area contributed by atoms with Gasteiger partial charge in [-0.2, -0.15) is 5.10 Å². The van der Waals surface area contributed by atoms with E-state index in [9.17, 15) is 9.90 Å². The minimum atomic E-state index is -1.24. The van der Waals surface area contributed by atoms with Gasteiger partial charge in [0, 0.05) is 5.56 Å². The van der Waals surface area contributed by atoms with Crippen LogP contribution in [0.4, 0.5) is 0 Å². The fourth-order valence-corrected chi connectivity index (χ4v) is 2.38. The maximum Gasteiger partial charge on any atom is 0.273 e. The van der Waals surface area contributed by atoms with Gasteiger partial charge in [-0.15, -0.1) is 0 Å². The number of aliphatic hydroxyl groups excluding tert-OH is 1. The molecule has 3 aromatic rings. The number of nitrogens with zero attached hydrogens (tertiary/aromatic N) is 1. The van der Waals surface area contributed by atoms with Crippen LogP contribution in [0.1, 0.15) is 17.2 Å². The third-order valence-corrected chi connectivity index (χ3v) is 3.57. The molecule has 0 spiro atoms. The molecule has 23 heavy (non-hydrogen) atoms. The largest absolute Gasteiger partial charge is 0.378 e. The Morgan fingerprint density at radius 1 is 0.957 bits per heavy atom. The minimum absolute atomic E-state index is 0.533. The normalized spacial score (nSPS) is 12.4. The minimum Gasteiger partial charge on any atom is -0.378 e. The van der Waals surface area contributed by atoms with Crippen molar-refractivity contribution in [1.82, 2.24) is 5.43 Å². The Morgan fingerprint density at radius 2 is 1.65 bits per heavy atom. The zero-order chi connectivity index (χ0) is 16.1. The highest BCUT2D eigenvalue weighted by atomic mass is 16.3. The number of carbonyl (C=O) groups is 1. The summed E-state index contributed by atoms with van der Waals surface area (Å²) in [5.74, 6) is -0.562. The van der Waals surface area contributed by atoms with E-state index in [0.717, 1.165) is 16.3 Å². The summed E-state index contributed by atoms with van der Waals surface area (Å²) < 4.78 is 0.